The van der Waals surface area contributed by atoms with Gasteiger partial charge in [0.2, 0.25) is 0 Å². The molecule has 0 N–H and O–H groups in total. The fourth-order valence-corrected chi connectivity index (χ4v) is 3.46. The van der Waals surface area contributed by atoms with Crippen molar-refractivity contribution in [2.24, 2.45) is 0 Å². The van der Waals surface area contributed by atoms with Gasteiger partial charge in [0.1, 0.15) is 11.4 Å². The second-order valence-electron chi connectivity index (χ2n) is 7.39. The molecule has 2 aromatic carbocycles. The highest BCUT2D eigenvalue weighted by Crippen LogP contribution is 2.27. The molecular weight excluding hydrogens is 409 g/mol. The third-order valence-corrected chi connectivity index (χ3v) is 5.29. The van der Waals surface area contributed by atoms with Gasteiger partial charge in [-0.3, -0.25) is 0 Å². The van der Waals surface area contributed by atoms with Crippen LogP contribution in [0.2, 0.25) is 0 Å². The Morgan fingerprint density at radius 2 is 1.81 bits per heavy atom. The molecule has 0 unspecified atom stereocenters. The molecule has 1 fully saturated rings. The molecular formula is C22H21F3N4O2. The zero-order valence-corrected chi connectivity index (χ0v) is 16.6. The molecule has 0 bridgehead atoms. The Hall–Kier alpha value is -3.36. The van der Waals surface area contributed by atoms with Gasteiger partial charge in [0.05, 0.1) is 6.20 Å². The Labute approximate surface area is 177 Å². The minimum absolute atomic E-state index is 0.171. The average Bonchev–Trinajstić information content (AvgIpc) is 3.19. The molecule has 0 atom stereocenters. The summed E-state index contributed by atoms with van der Waals surface area (Å²) in [6.45, 7) is 0.563. The van der Waals surface area contributed by atoms with Crippen molar-refractivity contribution in [3.63, 3.8) is 0 Å². The number of ether oxygens (including phenoxy) is 1. The molecule has 1 saturated carbocycles. The van der Waals surface area contributed by atoms with E-state index in [0.29, 0.717) is 17.8 Å². The van der Waals surface area contributed by atoms with E-state index in [-0.39, 0.29) is 17.8 Å². The number of hydrogen-bond acceptors (Lipinski definition) is 4. The maximum atomic E-state index is 13.1. The van der Waals surface area contributed by atoms with Gasteiger partial charge in [-0.2, -0.15) is 5.10 Å². The number of hydrogen-bond donors (Lipinski definition) is 0. The van der Waals surface area contributed by atoms with E-state index in [9.17, 15) is 18.0 Å². The molecule has 0 aliphatic heterocycles. The van der Waals surface area contributed by atoms with Crippen LogP contribution in [0, 0.1) is 0 Å². The quantitative estimate of drug-likeness (QED) is 0.558. The van der Waals surface area contributed by atoms with E-state index in [0.717, 1.165) is 36.0 Å². The molecule has 0 radical (unpaired) electrons. The summed E-state index contributed by atoms with van der Waals surface area (Å²) in [7, 11) is 0. The minimum atomic E-state index is -4.75. The molecule has 9 heteroatoms. The van der Waals surface area contributed by atoms with Crippen molar-refractivity contribution in [1.29, 1.82) is 0 Å². The first kappa shape index (κ1) is 20.9. The Morgan fingerprint density at radius 3 is 2.42 bits per heavy atom. The van der Waals surface area contributed by atoms with Gasteiger partial charge in [-0.15, -0.1) is 18.3 Å². The summed E-state index contributed by atoms with van der Waals surface area (Å²) in [5, 5.41) is 8.35. The molecule has 1 aliphatic carbocycles. The molecule has 1 aromatic heterocycles. The predicted octanol–water partition coefficient (Wildman–Crippen LogP) is 4.91. The molecule has 3 aromatic rings. The SMILES string of the molecule is O=C(N(CCc1ccccc1)C1CCC1)n1ncc(-c2ccc(OC(F)(F)F)cc2)n1. The second-order valence-corrected chi connectivity index (χ2v) is 7.39. The molecule has 4 rings (SSSR count). The highest BCUT2D eigenvalue weighted by Gasteiger charge is 2.31. The Kier molecular flexibility index (Phi) is 5.92. The van der Waals surface area contributed by atoms with Crippen LogP contribution in [0.4, 0.5) is 18.0 Å². The number of nitrogens with zero attached hydrogens (tertiary/aromatic N) is 4. The van der Waals surface area contributed by atoms with Crippen molar-refractivity contribution >= 4 is 6.03 Å². The highest BCUT2D eigenvalue weighted by atomic mass is 19.4. The summed E-state index contributed by atoms with van der Waals surface area (Å²) in [6, 6.07) is 15.1. The lowest BCUT2D eigenvalue weighted by molar-refractivity contribution is -0.274. The lowest BCUT2D eigenvalue weighted by Gasteiger charge is -2.36. The Morgan fingerprint density at radius 1 is 1.10 bits per heavy atom. The molecule has 6 nitrogen and oxygen atoms in total. The maximum absolute atomic E-state index is 13.1. The van der Waals surface area contributed by atoms with Gasteiger partial charge in [0.15, 0.2) is 0 Å². The molecule has 1 aliphatic rings. The summed E-state index contributed by atoms with van der Waals surface area (Å²) in [5.74, 6) is -0.322. The van der Waals surface area contributed by atoms with E-state index in [2.05, 4.69) is 14.9 Å². The van der Waals surface area contributed by atoms with Crippen molar-refractivity contribution in [3.8, 4) is 17.0 Å². The van der Waals surface area contributed by atoms with Gasteiger partial charge in [0.25, 0.3) is 0 Å². The van der Waals surface area contributed by atoms with E-state index in [4.69, 9.17) is 0 Å². The summed E-state index contributed by atoms with van der Waals surface area (Å²) in [6.07, 6.45) is 0.405. The number of carbonyl (C=O) groups is 1. The van der Waals surface area contributed by atoms with Gasteiger partial charge in [-0.05, 0) is 55.5 Å². The standard InChI is InChI=1S/C22H21F3N4O2/c23-22(24,25)31-19-11-9-17(10-12-19)20-15-26-29(27-20)21(30)28(18-7-4-8-18)14-13-16-5-2-1-3-6-16/h1-3,5-6,9-12,15,18H,4,7-8,13-14H2. The molecule has 1 amide bonds. The fourth-order valence-electron chi connectivity index (χ4n) is 3.46. The number of rotatable bonds is 6. The lowest BCUT2D eigenvalue weighted by atomic mass is 9.91. The van der Waals surface area contributed by atoms with E-state index in [1.807, 2.05) is 30.3 Å². The number of carbonyl (C=O) groups excluding carboxylic acids is 1. The molecule has 0 spiro atoms. The van der Waals surface area contributed by atoms with E-state index in [1.165, 1.54) is 30.5 Å². The van der Waals surface area contributed by atoms with Crippen LogP contribution in [-0.4, -0.2) is 44.9 Å². The first-order chi connectivity index (χ1) is 14.9. The first-order valence-corrected chi connectivity index (χ1v) is 10.0. The smallest absolute Gasteiger partial charge is 0.406 e. The minimum Gasteiger partial charge on any atom is -0.406 e. The topological polar surface area (TPSA) is 60.2 Å². The lowest BCUT2D eigenvalue weighted by Crippen LogP contribution is -2.47. The molecule has 31 heavy (non-hydrogen) atoms. The van der Waals surface area contributed by atoms with Crippen LogP contribution < -0.4 is 4.74 Å². The van der Waals surface area contributed by atoms with E-state index in [1.54, 1.807) is 4.90 Å². The monoisotopic (exact) mass is 430 g/mol. The number of halogens is 3. The summed E-state index contributed by atoms with van der Waals surface area (Å²) in [5.41, 5.74) is 2.08. The van der Waals surface area contributed by atoms with E-state index < -0.39 is 6.36 Å². The van der Waals surface area contributed by atoms with Crippen molar-refractivity contribution < 1.29 is 22.7 Å². The van der Waals surface area contributed by atoms with Gasteiger partial charge in [-0.25, -0.2) is 4.79 Å². The maximum Gasteiger partial charge on any atom is 0.573 e. The van der Waals surface area contributed by atoms with Crippen LogP contribution in [0.1, 0.15) is 24.8 Å². The van der Waals surface area contributed by atoms with Crippen LogP contribution in [0.5, 0.6) is 5.75 Å². The average molecular weight is 430 g/mol. The molecule has 162 valence electrons. The number of alkyl halides is 3. The fraction of sp³-hybridized carbons (Fsp3) is 0.318. The van der Waals surface area contributed by atoms with Crippen LogP contribution in [0.3, 0.4) is 0 Å². The van der Waals surface area contributed by atoms with Crippen LogP contribution in [0.25, 0.3) is 11.3 Å². The van der Waals surface area contributed by atoms with Crippen molar-refractivity contribution in [2.75, 3.05) is 6.54 Å². The van der Waals surface area contributed by atoms with Crippen LogP contribution >= 0.6 is 0 Å². The summed E-state index contributed by atoms with van der Waals surface area (Å²) < 4.78 is 40.8. The van der Waals surface area contributed by atoms with Crippen molar-refractivity contribution in [1.82, 2.24) is 19.9 Å². The molecule has 0 saturated heterocycles. The summed E-state index contributed by atoms with van der Waals surface area (Å²) >= 11 is 0. The number of aromatic nitrogens is 3. The highest BCUT2D eigenvalue weighted by molar-refractivity contribution is 5.76. The molecule has 1 heterocycles. The zero-order valence-electron chi connectivity index (χ0n) is 16.6. The Balaban J connectivity index is 1.46. The van der Waals surface area contributed by atoms with Gasteiger partial charge < -0.3 is 9.64 Å². The second kappa shape index (κ2) is 8.79. The van der Waals surface area contributed by atoms with Gasteiger partial charge in [-0.1, -0.05) is 35.1 Å². The normalized spacial score (nSPS) is 14.2. The van der Waals surface area contributed by atoms with E-state index >= 15 is 0 Å². The first-order valence-electron chi connectivity index (χ1n) is 10.0. The number of benzene rings is 2. The van der Waals surface area contributed by atoms with Crippen LogP contribution in [-0.2, 0) is 6.42 Å². The third kappa shape index (κ3) is 5.22. The third-order valence-electron chi connectivity index (χ3n) is 5.29. The van der Waals surface area contributed by atoms with Gasteiger partial charge >= 0.3 is 12.4 Å². The Bertz CT molecular complexity index is 1020. The van der Waals surface area contributed by atoms with Crippen LogP contribution in [0.15, 0.2) is 60.8 Å². The predicted molar refractivity (Wildman–Crippen MR) is 107 cm³/mol. The zero-order chi connectivity index (χ0) is 21.8. The van der Waals surface area contributed by atoms with Crippen molar-refractivity contribution in [2.45, 2.75) is 38.1 Å². The summed E-state index contributed by atoms with van der Waals surface area (Å²) in [4.78, 5) is 15.9. The van der Waals surface area contributed by atoms with Crippen molar-refractivity contribution in [3.05, 3.63) is 66.4 Å². The van der Waals surface area contributed by atoms with Gasteiger partial charge in [0, 0.05) is 18.2 Å². The largest absolute Gasteiger partial charge is 0.573 e. The number of amides is 1.